The molecule has 0 aromatic heterocycles. The summed E-state index contributed by atoms with van der Waals surface area (Å²) in [5.41, 5.74) is 1.74. The van der Waals surface area contributed by atoms with E-state index in [1.54, 1.807) is 19.9 Å². The Morgan fingerprint density at radius 1 is 1.05 bits per heavy atom. The van der Waals surface area contributed by atoms with E-state index in [-0.39, 0.29) is 5.56 Å². The van der Waals surface area contributed by atoms with Crippen LogP contribution in [0.3, 0.4) is 0 Å². The highest BCUT2D eigenvalue weighted by Gasteiger charge is 2.22. The zero-order valence-electron chi connectivity index (χ0n) is 11.4. The minimum absolute atomic E-state index is 0.284. The molecule has 0 saturated heterocycles. The fourth-order valence-electron chi connectivity index (χ4n) is 1.70. The maximum Gasteiger partial charge on any atom is 0.313 e. The van der Waals surface area contributed by atoms with Crippen molar-refractivity contribution in [1.82, 2.24) is 0 Å². The van der Waals surface area contributed by atoms with Gasteiger partial charge in [-0.1, -0.05) is 0 Å². The standard InChI is InChI=1S/C14H16O5/c1-8-9(2)12(18-3)6-5-10(8)14(17)11(15)7-13(16)19-4/h5-6H,7H2,1-4H3. The van der Waals surface area contributed by atoms with Gasteiger partial charge < -0.3 is 9.47 Å². The van der Waals surface area contributed by atoms with E-state index in [9.17, 15) is 14.4 Å². The number of esters is 1. The van der Waals surface area contributed by atoms with Gasteiger partial charge in [-0.15, -0.1) is 0 Å². The number of benzene rings is 1. The minimum atomic E-state index is -0.778. The fourth-order valence-corrected chi connectivity index (χ4v) is 1.70. The molecule has 0 aliphatic rings. The van der Waals surface area contributed by atoms with Crippen molar-refractivity contribution >= 4 is 17.5 Å². The number of hydrogen-bond donors (Lipinski definition) is 0. The summed E-state index contributed by atoms with van der Waals surface area (Å²) in [6, 6.07) is 3.15. The summed E-state index contributed by atoms with van der Waals surface area (Å²) in [5, 5.41) is 0. The number of ketones is 2. The molecule has 0 aliphatic heterocycles. The van der Waals surface area contributed by atoms with Crippen LogP contribution in [0.25, 0.3) is 0 Å². The Morgan fingerprint density at radius 2 is 1.68 bits per heavy atom. The summed E-state index contributed by atoms with van der Waals surface area (Å²) >= 11 is 0. The summed E-state index contributed by atoms with van der Waals surface area (Å²) in [6.07, 6.45) is -0.542. The molecule has 0 fully saturated rings. The lowest BCUT2D eigenvalue weighted by Crippen LogP contribution is -2.20. The second kappa shape index (κ2) is 6.13. The average molecular weight is 264 g/mol. The Balaban J connectivity index is 3.04. The van der Waals surface area contributed by atoms with Crippen molar-refractivity contribution in [1.29, 1.82) is 0 Å². The predicted octanol–water partition coefficient (Wildman–Crippen LogP) is 1.63. The maximum absolute atomic E-state index is 12.0. The van der Waals surface area contributed by atoms with Crippen LogP contribution in [0.2, 0.25) is 0 Å². The molecular weight excluding hydrogens is 248 g/mol. The smallest absolute Gasteiger partial charge is 0.313 e. The summed E-state index contributed by atoms with van der Waals surface area (Å²) < 4.78 is 9.50. The number of rotatable bonds is 5. The van der Waals surface area contributed by atoms with Gasteiger partial charge in [0.05, 0.1) is 14.2 Å². The molecule has 19 heavy (non-hydrogen) atoms. The lowest BCUT2D eigenvalue weighted by molar-refractivity contribution is -0.142. The molecule has 0 spiro atoms. The van der Waals surface area contributed by atoms with E-state index in [0.717, 1.165) is 5.56 Å². The Bertz CT molecular complexity index is 531. The molecule has 5 heteroatoms. The van der Waals surface area contributed by atoms with Crippen LogP contribution in [0.15, 0.2) is 12.1 Å². The molecule has 102 valence electrons. The molecule has 0 N–H and O–H groups in total. The van der Waals surface area contributed by atoms with E-state index in [1.807, 2.05) is 0 Å². The van der Waals surface area contributed by atoms with Crippen molar-refractivity contribution in [3.8, 4) is 5.75 Å². The average Bonchev–Trinajstić information content (AvgIpc) is 2.40. The van der Waals surface area contributed by atoms with Crippen LogP contribution in [0, 0.1) is 13.8 Å². The second-order valence-electron chi connectivity index (χ2n) is 4.07. The number of carbonyl (C=O) groups is 3. The molecule has 1 aromatic rings. The van der Waals surface area contributed by atoms with Gasteiger partial charge in [0.15, 0.2) is 0 Å². The third-order valence-corrected chi connectivity index (χ3v) is 2.99. The number of Topliss-reactive ketones (excluding diaryl/α,β-unsaturated/α-hetero) is 2. The van der Waals surface area contributed by atoms with Gasteiger partial charge in [0.1, 0.15) is 12.2 Å². The van der Waals surface area contributed by atoms with Crippen LogP contribution in [-0.4, -0.2) is 31.8 Å². The normalized spacial score (nSPS) is 9.89. The first kappa shape index (κ1) is 14.9. The van der Waals surface area contributed by atoms with Gasteiger partial charge in [0, 0.05) is 5.56 Å². The predicted molar refractivity (Wildman–Crippen MR) is 68.4 cm³/mol. The van der Waals surface area contributed by atoms with Crippen molar-refractivity contribution in [2.75, 3.05) is 14.2 Å². The van der Waals surface area contributed by atoms with Gasteiger partial charge in [0.2, 0.25) is 11.6 Å². The third kappa shape index (κ3) is 3.19. The van der Waals surface area contributed by atoms with Crippen molar-refractivity contribution < 1.29 is 23.9 Å². The Labute approximate surface area is 111 Å². The quantitative estimate of drug-likeness (QED) is 0.350. The first-order chi connectivity index (χ1) is 8.92. The van der Waals surface area contributed by atoms with Crippen molar-refractivity contribution in [3.05, 3.63) is 28.8 Å². The van der Waals surface area contributed by atoms with E-state index in [4.69, 9.17) is 4.74 Å². The molecule has 0 unspecified atom stereocenters. The topological polar surface area (TPSA) is 69.7 Å². The zero-order valence-corrected chi connectivity index (χ0v) is 11.4. The summed E-state index contributed by atoms with van der Waals surface area (Å²) in [7, 11) is 2.70. The van der Waals surface area contributed by atoms with Crippen LogP contribution in [0.1, 0.15) is 27.9 Å². The molecule has 0 atom stereocenters. The lowest BCUT2D eigenvalue weighted by Gasteiger charge is -2.11. The molecule has 5 nitrogen and oxygen atoms in total. The van der Waals surface area contributed by atoms with Crippen molar-refractivity contribution in [3.63, 3.8) is 0 Å². The molecule has 0 heterocycles. The van der Waals surface area contributed by atoms with Gasteiger partial charge in [-0.25, -0.2) is 0 Å². The molecule has 1 rings (SSSR count). The van der Waals surface area contributed by atoms with Gasteiger partial charge in [0.25, 0.3) is 0 Å². The molecule has 0 aliphatic carbocycles. The van der Waals surface area contributed by atoms with E-state index in [1.165, 1.54) is 20.3 Å². The molecule has 0 bridgehead atoms. The number of hydrogen-bond acceptors (Lipinski definition) is 5. The van der Waals surface area contributed by atoms with Gasteiger partial charge in [-0.2, -0.15) is 0 Å². The lowest BCUT2D eigenvalue weighted by atomic mass is 9.96. The van der Waals surface area contributed by atoms with E-state index < -0.39 is 24.0 Å². The Hall–Kier alpha value is -2.17. The van der Waals surface area contributed by atoms with Crippen LogP contribution < -0.4 is 4.74 Å². The highest BCUT2D eigenvalue weighted by atomic mass is 16.5. The highest BCUT2D eigenvalue weighted by molar-refractivity contribution is 6.46. The number of methoxy groups -OCH3 is 2. The third-order valence-electron chi connectivity index (χ3n) is 2.99. The van der Waals surface area contributed by atoms with E-state index >= 15 is 0 Å². The fraction of sp³-hybridized carbons (Fsp3) is 0.357. The molecule has 0 amide bonds. The number of carbonyl (C=O) groups excluding carboxylic acids is 3. The second-order valence-corrected chi connectivity index (χ2v) is 4.07. The van der Waals surface area contributed by atoms with Gasteiger partial charge in [-0.05, 0) is 37.1 Å². The van der Waals surface area contributed by atoms with Gasteiger partial charge in [-0.3, -0.25) is 14.4 Å². The minimum Gasteiger partial charge on any atom is -0.496 e. The largest absolute Gasteiger partial charge is 0.496 e. The summed E-state index contributed by atoms with van der Waals surface area (Å²) in [6.45, 7) is 3.53. The number of ether oxygens (including phenoxy) is 2. The van der Waals surface area contributed by atoms with E-state index in [0.29, 0.717) is 11.3 Å². The van der Waals surface area contributed by atoms with Crippen LogP contribution >= 0.6 is 0 Å². The zero-order chi connectivity index (χ0) is 14.6. The SMILES string of the molecule is COC(=O)CC(=O)C(=O)c1ccc(OC)c(C)c1C. The van der Waals surface area contributed by atoms with Crippen LogP contribution in [0.5, 0.6) is 5.75 Å². The maximum atomic E-state index is 12.0. The Kier molecular flexibility index (Phi) is 4.80. The Morgan fingerprint density at radius 3 is 2.21 bits per heavy atom. The first-order valence-corrected chi connectivity index (χ1v) is 5.70. The summed E-state index contributed by atoms with van der Waals surface area (Å²) in [5.74, 6) is -1.54. The summed E-state index contributed by atoms with van der Waals surface area (Å²) in [4.78, 5) is 34.6. The first-order valence-electron chi connectivity index (χ1n) is 5.70. The van der Waals surface area contributed by atoms with Crippen LogP contribution in [0.4, 0.5) is 0 Å². The van der Waals surface area contributed by atoms with Crippen molar-refractivity contribution in [2.45, 2.75) is 20.3 Å². The molecule has 0 radical (unpaired) electrons. The molecule has 1 aromatic carbocycles. The highest BCUT2D eigenvalue weighted by Crippen LogP contribution is 2.24. The molecular formula is C14H16O5. The molecule has 0 saturated carbocycles. The van der Waals surface area contributed by atoms with Crippen molar-refractivity contribution in [2.24, 2.45) is 0 Å². The monoisotopic (exact) mass is 264 g/mol. The van der Waals surface area contributed by atoms with Gasteiger partial charge >= 0.3 is 5.97 Å². The van der Waals surface area contributed by atoms with Crippen LogP contribution in [-0.2, 0) is 14.3 Å². The van der Waals surface area contributed by atoms with E-state index in [2.05, 4.69) is 4.74 Å².